The summed E-state index contributed by atoms with van der Waals surface area (Å²) >= 11 is 0. The first-order valence-electron chi connectivity index (χ1n) is 8.33. The molecule has 0 aromatic heterocycles. The highest BCUT2D eigenvalue weighted by molar-refractivity contribution is 6.71. The van der Waals surface area contributed by atoms with Gasteiger partial charge in [0.25, 0.3) is 0 Å². The predicted octanol–water partition coefficient (Wildman–Crippen LogP) is 4.54. The van der Waals surface area contributed by atoms with E-state index < -0.39 is 17.1 Å². The summed E-state index contributed by atoms with van der Waals surface area (Å²) in [5.41, 5.74) is 2.13. The van der Waals surface area contributed by atoms with Crippen LogP contribution in [0.3, 0.4) is 0 Å². The smallest absolute Gasteiger partial charge is 0.360 e. The molecule has 0 aromatic carbocycles. The molecule has 0 aliphatic heterocycles. The van der Waals surface area contributed by atoms with Crippen molar-refractivity contribution in [2.45, 2.75) is 64.1 Å². The molecule has 0 aliphatic rings. The Morgan fingerprint density at radius 2 is 1.18 bits per heavy atom. The zero-order valence-electron chi connectivity index (χ0n) is 15.4. The van der Waals surface area contributed by atoms with Crippen molar-refractivity contribution in [1.29, 1.82) is 0 Å². The zero-order chi connectivity index (χ0) is 16.9. The van der Waals surface area contributed by atoms with Crippen LogP contribution in [0.4, 0.5) is 0 Å². The maximum Gasteiger partial charge on any atom is 0.360 e. The van der Waals surface area contributed by atoms with Crippen LogP contribution in [-0.2, 0) is 17.7 Å². The van der Waals surface area contributed by atoms with Crippen molar-refractivity contribution in [2.24, 2.45) is 0 Å². The molecule has 0 aliphatic carbocycles. The van der Waals surface area contributed by atoms with Crippen LogP contribution in [0.2, 0.25) is 19.1 Å². The van der Waals surface area contributed by atoms with Crippen LogP contribution in [0.15, 0.2) is 11.8 Å². The maximum absolute atomic E-state index is 5.50. The molecule has 0 saturated carbocycles. The normalized spacial score (nSPS) is 13.2. The van der Waals surface area contributed by atoms with Gasteiger partial charge in [-0.1, -0.05) is 38.2 Å². The SMILES string of the molecule is CO[Si](C)(/C=C/CCCCCCCC[Si](C)(OC)OC)OC. The first-order valence-corrected chi connectivity index (χ1v) is 13.3. The quantitative estimate of drug-likeness (QED) is 0.341. The first kappa shape index (κ1) is 22.0. The van der Waals surface area contributed by atoms with Crippen molar-refractivity contribution in [3.05, 3.63) is 11.8 Å². The molecule has 0 amide bonds. The first-order chi connectivity index (χ1) is 10.4. The lowest BCUT2D eigenvalue weighted by atomic mass is 10.1. The molecule has 0 fully saturated rings. The minimum absolute atomic E-state index is 1.10. The van der Waals surface area contributed by atoms with Crippen molar-refractivity contribution >= 4 is 17.1 Å². The molecular formula is C16H36O4Si2. The number of rotatable bonds is 14. The molecule has 0 atom stereocenters. The van der Waals surface area contributed by atoms with Crippen LogP contribution in [0.5, 0.6) is 0 Å². The van der Waals surface area contributed by atoms with E-state index in [4.69, 9.17) is 17.7 Å². The average molecular weight is 349 g/mol. The molecular weight excluding hydrogens is 312 g/mol. The van der Waals surface area contributed by atoms with Crippen LogP contribution < -0.4 is 0 Å². The highest BCUT2D eigenvalue weighted by atomic mass is 28.4. The second kappa shape index (κ2) is 12.4. The van der Waals surface area contributed by atoms with Gasteiger partial charge >= 0.3 is 17.1 Å². The number of allylic oxidation sites excluding steroid dienone is 1. The van der Waals surface area contributed by atoms with E-state index in [-0.39, 0.29) is 0 Å². The molecule has 0 unspecified atom stereocenters. The van der Waals surface area contributed by atoms with E-state index in [2.05, 4.69) is 24.9 Å². The van der Waals surface area contributed by atoms with Gasteiger partial charge in [-0.25, -0.2) is 0 Å². The van der Waals surface area contributed by atoms with Crippen LogP contribution >= 0.6 is 0 Å². The fourth-order valence-electron chi connectivity index (χ4n) is 2.22. The number of unbranched alkanes of at least 4 members (excludes halogenated alkanes) is 6. The lowest BCUT2D eigenvalue weighted by Gasteiger charge is -2.22. The fourth-order valence-corrected chi connectivity index (χ4v) is 4.72. The molecule has 0 radical (unpaired) electrons. The van der Waals surface area contributed by atoms with Crippen molar-refractivity contribution in [1.82, 2.24) is 0 Å². The lowest BCUT2D eigenvalue weighted by molar-refractivity contribution is 0.248. The Labute approximate surface area is 139 Å². The van der Waals surface area contributed by atoms with Gasteiger partial charge in [0.15, 0.2) is 0 Å². The number of hydrogen-bond acceptors (Lipinski definition) is 4. The summed E-state index contributed by atoms with van der Waals surface area (Å²) in [6.45, 7) is 4.19. The summed E-state index contributed by atoms with van der Waals surface area (Å²) < 4.78 is 21.8. The van der Waals surface area contributed by atoms with Gasteiger partial charge in [-0.3, -0.25) is 0 Å². The summed E-state index contributed by atoms with van der Waals surface area (Å²) in [5, 5.41) is 0. The van der Waals surface area contributed by atoms with E-state index >= 15 is 0 Å². The Morgan fingerprint density at radius 3 is 1.68 bits per heavy atom. The van der Waals surface area contributed by atoms with Crippen molar-refractivity contribution in [2.75, 3.05) is 28.4 Å². The van der Waals surface area contributed by atoms with Crippen molar-refractivity contribution in [3.8, 4) is 0 Å². The monoisotopic (exact) mass is 348 g/mol. The summed E-state index contributed by atoms with van der Waals surface area (Å²) in [7, 11) is 3.14. The van der Waals surface area contributed by atoms with E-state index in [9.17, 15) is 0 Å². The highest BCUT2D eigenvalue weighted by Gasteiger charge is 2.27. The molecule has 0 aromatic rings. The Morgan fingerprint density at radius 1 is 0.682 bits per heavy atom. The third-order valence-corrected chi connectivity index (χ3v) is 9.80. The van der Waals surface area contributed by atoms with Crippen molar-refractivity contribution in [3.63, 3.8) is 0 Å². The van der Waals surface area contributed by atoms with E-state index in [1.807, 2.05) is 0 Å². The lowest BCUT2D eigenvalue weighted by Crippen LogP contribution is -2.35. The van der Waals surface area contributed by atoms with Crippen LogP contribution in [-0.4, -0.2) is 45.6 Å². The van der Waals surface area contributed by atoms with E-state index in [1.54, 1.807) is 28.4 Å². The summed E-state index contributed by atoms with van der Waals surface area (Å²) in [6, 6.07) is 1.10. The molecule has 0 bridgehead atoms. The van der Waals surface area contributed by atoms with Gasteiger partial charge in [0.1, 0.15) is 0 Å². The van der Waals surface area contributed by atoms with E-state index in [0.717, 1.165) is 12.5 Å². The minimum atomic E-state index is -2.01. The van der Waals surface area contributed by atoms with Crippen LogP contribution in [0.25, 0.3) is 0 Å². The molecule has 132 valence electrons. The maximum atomic E-state index is 5.50. The standard InChI is InChI=1S/C16H36O4Si2/c1-17-21(5,18-2)15-13-11-9-7-8-10-12-14-16-22(6,19-3)20-4/h13,15H,7-12,14,16H2,1-6H3/b15-13+. The molecule has 6 heteroatoms. The van der Waals surface area contributed by atoms with E-state index in [0.29, 0.717) is 0 Å². The summed E-state index contributed by atoms with van der Waals surface area (Å²) in [4.78, 5) is 0. The minimum Gasteiger partial charge on any atom is -0.398 e. The van der Waals surface area contributed by atoms with Crippen LogP contribution in [0.1, 0.15) is 44.9 Å². The molecule has 0 N–H and O–H groups in total. The van der Waals surface area contributed by atoms with Crippen LogP contribution in [0, 0.1) is 0 Å². The predicted molar refractivity (Wildman–Crippen MR) is 97.5 cm³/mol. The second-order valence-electron chi connectivity index (χ2n) is 6.03. The molecule has 0 heterocycles. The highest BCUT2D eigenvalue weighted by Crippen LogP contribution is 2.17. The van der Waals surface area contributed by atoms with Gasteiger partial charge < -0.3 is 17.7 Å². The average Bonchev–Trinajstić information content (AvgIpc) is 2.56. The Hall–Kier alpha value is 0.0138. The topological polar surface area (TPSA) is 36.9 Å². The van der Waals surface area contributed by atoms with Gasteiger partial charge in [0.2, 0.25) is 0 Å². The largest absolute Gasteiger partial charge is 0.398 e. The van der Waals surface area contributed by atoms with Gasteiger partial charge in [0, 0.05) is 28.4 Å². The Kier molecular flexibility index (Phi) is 12.4. The van der Waals surface area contributed by atoms with Gasteiger partial charge in [0.05, 0.1) is 0 Å². The van der Waals surface area contributed by atoms with Crippen molar-refractivity contribution < 1.29 is 17.7 Å². The summed E-state index contributed by atoms with van der Waals surface area (Å²) in [6.07, 6.45) is 11.0. The summed E-state index contributed by atoms with van der Waals surface area (Å²) in [5.74, 6) is 0. The second-order valence-corrected chi connectivity index (χ2v) is 12.8. The number of hydrogen-bond donors (Lipinski definition) is 0. The Bertz CT molecular complexity index is 290. The zero-order valence-corrected chi connectivity index (χ0v) is 17.4. The molecule has 22 heavy (non-hydrogen) atoms. The molecule has 0 spiro atoms. The molecule has 4 nitrogen and oxygen atoms in total. The molecule has 0 saturated heterocycles. The van der Waals surface area contributed by atoms with E-state index in [1.165, 1.54) is 38.5 Å². The fraction of sp³-hybridized carbons (Fsp3) is 0.875. The molecule has 0 rings (SSSR count). The third kappa shape index (κ3) is 9.92. The van der Waals surface area contributed by atoms with Gasteiger partial charge in [-0.05, 0) is 37.7 Å². The third-order valence-electron chi connectivity index (χ3n) is 4.35. The van der Waals surface area contributed by atoms with Gasteiger partial charge in [-0.15, -0.1) is 0 Å². The van der Waals surface area contributed by atoms with Gasteiger partial charge in [-0.2, -0.15) is 0 Å². The Balaban J connectivity index is 3.54.